The number of benzene rings is 1. The van der Waals surface area contributed by atoms with Gasteiger partial charge in [0.05, 0.1) is 25.6 Å². The number of hydrogen-bond donors (Lipinski definition) is 1. The highest BCUT2D eigenvalue weighted by molar-refractivity contribution is 5.89. The van der Waals surface area contributed by atoms with E-state index in [1.807, 2.05) is 43.9 Å². The van der Waals surface area contributed by atoms with Crippen LogP contribution in [-0.2, 0) is 15.0 Å². The summed E-state index contributed by atoms with van der Waals surface area (Å²) in [5.41, 5.74) is 0.248. The van der Waals surface area contributed by atoms with Crippen LogP contribution in [0, 0.1) is 11.8 Å². The van der Waals surface area contributed by atoms with Crippen LogP contribution >= 0.6 is 0 Å². The Morgan fingerprint density at radius 1 is 1.19 bits per heavy atom. The molecule has 1 heterocycles. The smallest absolute Gasteiger partial charge is 0.306 e. The second-order valence-electron chi connectivity index (χ2n) is 7.32. The van der Waals surface area contributed by atoms with Gasteiger partial charge in [-0.15, -0.1) is 0 Å². The van der Waals surface area contributed by atoms with Crippen molar-refractivity contribution in [1.82, 2.24) is 4.90 Å². The molecule has 27 heavy (non-hydrogen) atoms. The number of carbonyl (C=O) groups is 2. The first kappa shape index (κ1) is 21.1. The summed E-state index contributed by atoms with van der Waals surface area (Å²) in [7, 11) is 3.17. The standard InChI is InChI=1S/C21H31NO5/c1-6-21(7-2,15-8-9-17(26-4)18(12-15)27-5)20(25)22-11-10-16(19(23)24)14(3)13-22/h8-9,12,14,16H,6-7,10-11,13H2,1-5H3,(H,23,24). The Morgan fingerprint density at radius 3 is 2.30 bits per heavy atom. The van der Waals surface area contributed by atoms with E-state index in [2.05, 4.69) is 0 Å². The van der Waals surface area contributed by atoms with Crippen LogP contribution in [0.3, 0.4) is 0 Å². The maximum absolute atomic E-state index is 13.6. The molecule has 2 unspecified atom stereocenters. The number of carboxylic acids is 1. The molecule has 2 rings (SSSR count). The van der Waals surface area contributed by atoms with E-state index in [0.717, 1.165) is 5.56 Å². The molecule has 1 aromatic carbocycles. The number of aliphatic carboxylic acids is 1. The molecule has 0 spiro atoms. The van der Waals surface area contributed by atoms with Crippen LogP contribution < -0.4 is 9.47 Å². The van der Waals surface area contributed by atoms with Crippen LogP contribution in [0.4, 0.5) is 0 Å². The lowest BCUT2D eigenvalue weighted by Gasteiger charge is -2.41. The second-order valence-corrected chi connectivity index (χ2v) is 7.32. The summed E-state index contributed by atoms with van der Waals surface area (Å²) < 4.78 is 10.7. The normalized spacial score (nSPS) is 20.3. The molecule has 1 aromatic rings. The van der Waals surface area contributed by atoms with E-state index in [1.165, 1.54) is 0 Å². The van der Waals surface area contributed by atoms with E-state index in [9.17, 15) is 14.7 Å². The zero-order chi connectivity index (χ0) is 20.2. The molecular weight excluding hydrogens is 346 g/mol. The minimum absolute atomic E-state index is 0.0583. The fourth-order valence-electron chi connectivity index (χ4n) is 4.22. The number of carbonyl (C=O) groups excluding carboxylic acids is 1. The Hall–Kier alpha value is -2.24. The molecule has 0 bridgehead atoms. The Kier molecular flexibility index (Phi) is 6.73. The number of likely N-dealkylation sites (tertiary alicyclic amines) is 1. The summed E-state index contributed by atoms with van der Waals surface area (Å²) in [6, 6.07) is 5.65. The second kappa shape index (κ2) is 8.63. The number of nitrogens with zero attached hydrogens (tertiary/aromatic N) is 1. The monoisotopic (exact) mass is 377 g/mol. The van der Waals surface area contributed by atoms with Crippen molar-refractivity contribution in [2.45, 2.75) is 45.4 Å². The molecule has 1 aliphatic rings. The summed E-state index contributed by atoms with van der Waals surface area (Å²) in [5, 5.41) is 9.34. The van der Waals surface area contributed by atoms with E-state index in [1.54, 1.807) is 14.2 Å². The molecule has 0 saturated carbocycles. The maximum Gasteiger partial charge on any atom is 0.306 e. The Balaban J connectivity index is 2.36. The zero-order valence-corrected chi connectivity index (χ0v) is 16.9. The summed E-state index contributed by atoms with van der Waals surface area (Å²) >= 11 is 0. The highest BCUT2D eigenvalue weighted by Crippen LogP contribution is 2.39. The predicted octanol–water partition coefficient (Wildman–Crippen LogP) is 3.33. The molecule has 0 aromatic heterocycles. The number of carboxylic acid groups (broad SMARTS) is 1. The van der Waals surface area contributed by atoms with E-state index in [0.29, 0.717) is 43.9 Å². The Labute approximate surface area is 161 Å². The highest BCUT2D eigenvalue weighted by atomic mass is 16.5. The van der Waals surface area contributed by atoms with Crippen LogP contribution in [0.1, 0.15) is 45.6 Å². The number of methoxy groups -OCH3 is 2. The van der Waals surface area contributed by atoms with Gasteiger partial charge in [0.2, 0.25) is 5.91 Å². The van der Waals surface area contributed by atoms with Gasteiger partial charge in [0.15, 0.2) is 11.5 Å². The molecule has 1 aliphatic heterocycles. The number of rotatable bonds is 7. The average molecular weight is 377 g/mol. The van der Waals surface area contributed by atoms with Crippen molar-refractivity contribution in [2.24, 2.45) is 11.8 Å². The minimum Gasteiger partial charge on any atom is -0.493 e. The molecule has 0 aliphatic carbocycles. The lowest BCUT2D eigenvalue weighted by atomic mass is 9.73. The van der Waals surface area contributed by atoms with Crippen molar-refractivity contribution in [3.8, 4) is 11.5 Å². The highest BCUT2D eigenvalue weighted by Gasteiger charge is 2.43. The quantitative estimate of drug-likeness (QED) is 0.789. The van der Waals surface area contributed by atoms with E-state index in [4.69, 9.17) is 9.47 Å². The molecule has 1 saturated heterocycles. The molecule has 2 atom stereocenters. The van der Waals surface area contributed by atoms with Gasteiger partial charge in [0.25, 0.3) is 0 Å². The van der Waals surface area contributed by atoms with Gasteiger partial charge < -0.3 is 19.5 Å². The van der Waals surface area contributed by atoms with Crippen LogP contribution in [0.25, 0.3) is 0 Å². The molecule has 150 valence electrons. The summed E-state index contributed by atoms with van der Waals surface area (Å²) in [6.45, 7) is 6.91. The molecule has 1 fully saturated rings. The lowest BCUT2D eigenvalue weighted by molar-refractivity contribution is -0.150. The fourth-order valence-corrected chi connectivity index (χ4v) is 4.22. The van der Waals surface area contributed by atoms with Crippen molar-refractivity contribution in [3.63, 3.8) is 0 Å². The average Bonchev–Trinajstić information content (AvgIpc) is 2.68. The minimum atomic E-state index is -0.772. The molecule has 6 nitrogen and oxygen atoms in total. The van der Waals surface area contributed by atoms with Crippen molar-refractivity contribution in [3.05, 3.63) is 23.8 Å². The molecule has 1 amide bonds. The maximum atomic E-state index is 13.6. The van der Waals surface area contributed by atoms with Crippen molar-refractivity contribution in [2.75, 3.05) is 27.3 Å². The van der Waals surface area contributed by atoms with E-state index in [-0.39, 0.29) is 17.7 Å². The third kappa shape index (κ3) is 3.89. The Morgan fingerprint density at radius 2 is 1.81 bits per heavy atom. The third-order valence-corrected chi connectivity index (χ3v) is 6.06. The van der Waals surface area contributed by atoms with Gasteiger partial charge in [-0.3, -0.25) is 9.59 Å². The van der Waals surface area contributed by atoms with Gasteiger partial charge in [-0.1, -0.05) is 26.8 Å². The van der Waals surface area contributed by atoms with Gasteiger partial charge in [0, 0.05) is 13.1 Å². The first-order valence-electron chi connectivity index (χ1n) is 9.59. The fraction of sp³-hybridized carbons (Fsp3) is 0.619. The zero-order valence-electron chi connectivity index (χ0n) is 16.9. The van der Waals surface area contributed by atoms with Crippen molar-refractivity contribution >= 4 is 11.9 Å². The summed E-state index contributed by atoms with van der Waals surface area (Å²) in [4.78, 5) is 26.8. The predicted molar refractivity (Wildman–Crippen MR) is 103 cm³/mol. The largest absolute Gasteiger partial charge is 0.493 e. The van der Waals surface area contributed by atoms with E-state index < -0.39 is 11.4 Å². The third-order valence-electron chi connectivity index (χ3n) is 6.06. The van der Waals surface area contributed by atoms with Crippen LogP contribution in [0.15, 0.2) is 18.2 Å². The number of hydrogen-bond acceptors (Lipinski definition) is 4. The molecule has 0 radical (unpaired) electrons. The first-order valence-corrected chi connectivity index (χ1v) is 9.59. The van der Waals surface area contributed by atoms with Gasteiger partial charge in [-0.2, -0.15) is 0 Å². The molecule has 6 heteroatoms. The summed E-state index contributed by atoms with van der Waals surface area (Å²) in [6.07, 6.45) is 1.81. The van der Waals surface area contributed by atoms with Crippen LogP contribution in [-0.4, -0.2) is 49.2 Å². The van der Waals surface area contributed by atoms with Crippen molar-refractivity contribution in [1.29, 1.82) is 0 Å². The Bertz CT molecular complexity index is 683. The SMILES string of the molecule is CCC(CC)(C(=O)N1CCC(C(=O)O)C(C)C1)c1ccc(OC)c(OC)c1. The van der Waals surface area contributed by atoms with Gasteiger partial charge >= 0.3 is 5.97 Å². The lowest BCUT2D eigenvalue weighted by Crippen LogP contribution is -2.52. The number of piperidine rings is 1. The van der Waals surface area contributed by atoms with Crippen molar-refractivity contribution < 1.29 is 24.2 Å². The van der Waals surface area contributed by atoms with Crippen LogP contribution in [0.5, 0.6) is 11.5 Å². The van der Waals surface area contributed by atoms with Gasteiger partial charge in [-0.25, -0.2) is 0 Å². The van der Waals surface area contributed by atoms with Crippen LogP contribution in [0.2, 0.25) is 0 Å². The number of ether oxygens (including phenoxy) is 2. The van der Waals surface area contributed by atoms with Gasteiger partial charge in [-0.05, 0) is 42.9 Å². The first-order chi connectivity index (χ1) is 12.8. The van der Waals surface area contributed by atoms with E-state index >= 15 is 0 Å². The topological polar surface area (TPSA) is 76.1 Å². The number of amides is 1. The summed E-state index contributed by atoms with van der Waals surface area (Å²) in [5.74, 6) is 0.0877. The van der Waals surface area contributed by atoms with Gasteiger partial charge in [0.1, 0.15) is 0 Å². The molecule has 1 N–H and O–H groups in total. The molecular formula is C21H31NO5.